The molecule has 1 aliphatic rings. The summed E-state index contributed by atoms with van der Waals surface area (Å²) in [7, 11) is 0. The number of nitrogen functional groups attached to an aromatic ring is 1. The Balaban J connectivity index is 2.11. The van der Waals surface area contributed by atoms with Gasteiger partial charge in [0.2, 0.25) is 0 Å². The van der Waals surface area contributed by atoms with E-state index in [1.165, 1.54) is 0 Å². The van der Waals surface area contributed by atoms with Gasteiger partial charge in [0.05, 0.1) is 11.7 Å². The van der Waals surface area contributed by atoms with Crippen molar-refractivity contribution >= 4 is 5.82 Å². The Bertz CT molecular complexity index is 370. The third-order valence-corrected chi connectivity index (χ3v) is 3.08. The van der Waals surface area contributed by atoms with Crippen molar-refractivity contribution in [3.63, 3.8) is 0 Å². The minimum atomic E-state index is -0.700. The minimum Gasteiger partial charge on any atom is -0.389 e. The summed E-state index contributed by atoms with van der Waals surface area (Å²) in [5, 5.41) is 10.5. The minimum absolute atomic E-state index is 0.108. The van der Waals surface area contributed by atoms with E-state index in [2.05, 4.69) is 4.98 Å². The van der Waals surface area contributed by atoms with Gasteiger partial charge < -0.3 is 15.6 Å². The molecule has 0 radical (unpaired) electrons. The predicted octanol–water partition coefficient (Wildman–Crippen LogP) is 1.14. The first kappa shape index (κ1) is 11.4. The molecule has 4 nitrogen and oxygen atoms in total. The van der Waals surface area contributed by atoms with Crippen LogP contribution in [0, 0.1) is 0 Å². The van der Waals surface area contributed by atoms with E-state index in [1.807, 2.05) is 19.1 Å². The van der Waals surface area contributed by atoms with Crippen LogP contribution in [0.25, 0.3) is 0 Å². The number of nitrogens with two attached hydrogens (primary N) is 1. The molecular formula is C12H18N2O2. The van der Waals surface area contributed by atoms with E-state index in [0.29, 0.717) is 31.7 Å². The summed E-state index contributed by atoms with van der Waals surface area (Å²) >= 11 is 0. The maximum Gasteiger partial charge on any atom is 0.126 e. The van der Waals surface area contributed by atoms with Crippen LogP contribution in [0.15, 0.2) is 18.3 Å². The topological polar surface area (TPSA) is 68.4 Å². The monoisotopic (exact) mass is 222 g/mol. The molecule has 2 heterocycles. The molecule has 2 rings (SSSR count). The third-order valence-electron chi connectivity index (χ3n) is 3.08. The van der Waals surface area contributed by atoms with E-state index in [0.717, 1.165) is 5.56 Å². The second-order valence-electron chi connectivity index (χ2n) is 4.58. The van der Waals surface area contributed by atoms with Crippen LogP contribution in [0.5, 0.6) is 0 Å². The van der Waals surface area contributed by atoms with E-state index < -0.39 is 5.60 Å². The summed E-state index contributed by atoms with van der Waals surface area (Å²) in [6.45, 7) is 2.59. The fourth-order valence-corrected chi connectivity index (χ4v) is 2.26. The van der Waals surface area contributed by atoms with Crippen LogP contribution in [0.4, 0.5) is 5.82 Å². The molecular weight excluding hydrogens is 204 g/mol. The van der Waals surface area contributed by atoms with Gasteiger partial charge in [-0.15, -0.1) is 0 Å². The van der Waals surface area contributed by atoms with Gasteiger partial charge in [-0.3, -0.25) is 0 Å². The highest BCUT2D eigenvalue weighted by molar-refractivity contribution is 5.39. The Morgan fingerprint density at radius 1 is 1.69 bits per heavy atom. The number of anilines is 1. The van der Waals surface area contributed by atoms with Crippen LogP contribution in [-0.2, 0) is 11.2 Å². The Morgan fingerprint density at radius 2 is 2.50 bits per heavy atom. The smallest absolute Gasteiger partial charge is 0.126 e. The average molecular weight is 222 g/mol. The molecule has 88 valence electrons. The van der Waals surface area contributed by atoms with Crippen molar-refractivity contribution in [2.75, 3.05) is 12.3 Å². The number of hydrogen-bond acceptors (Lipinski definition) is 4. The molecule has 4 heteroatoms. The van der Waals surface area contributed by atoms with Gasteiger partial charge in [0.1, 0.15) is 5.82 Å². The molecule has 0 amide bonds. The van der Waals surface area contributed by atoms with Crippen molar-refractivity contribution in [3.05, 3.63) is 23.9 Å². The van der Waals surface area contributed by atoms with E-state index in [4.69, 9.17) is 10.5 Å². The van der Waals surface area contributed by atoms with Crippen molar-refractivity contribution in [1.29, 1.82) is 0 Å². The Hall–Kier alpha value is -1.13. The zero-order valence-electron chi connectivity index (χ0n) is 9.52. The lowest BCUT2D eigenvalue weighted by Crippen LogP contribution is -2.41. The summed E-state index contributed by atoms with van der Waals surface area (Å²) in [5.41, 5.74) is 5.99. The number of aliphatic hydroxyl groups is 1. The molecule has 16 heavy (non-hydrogen) atoms. The summed E-state index contributed by atoms with van der Waals surface area (Å²) in [5.74, 6) is 0.509. The van der Waals surface area contributed by atoms with Gasteiger partial charge >= 0.3 is 0 Å². The standard InChI is InChI=1S/C12H18N2O2/c1-9-7-12(15,4-6-16-9)8-10-3-2-5-14-11(10)13/h2-3,5,9,15H,4,6-8H2,1H3,(H2,13,14). The second kappa shape index (κ2) is 4.39. The number of nitrogens with zero attached hydrogens (tertiary/aromatic N) is 1. The molecule has 2 unspecified atom stereocenters. The molecule has 0 saturated carbocycles. The zero-order valence-corrected chi connectivity index (χ0v) is 9.52. The Kier molecular flexibility index (Phi) is 3.12. The summed E-state index contributed by atoms with van der Waals surface area (Å²) in [4.78, 5) is 4.03. The van der Waals surface area contributed by atoms with Crippen molar-refractivity contribution in [1.82, 2.24) is 4.98 Å². The maximum atomic E-state index is 10.5. The molecule has 2 atom stereocenters. The zero-order chi connectivity index (χ0) is 11.6. The van der Waals surface area contributed by atoms with Gasteiger partial charge in [0.25, 0.3) is 0 Å². The SMILES string of the molecule is CC1CC(O)(Cc2cccnc2N)CCO1. The first-order chi connectivity index (χ1) is 7.59. The van der Waals surface area contributed by atoms with E-state index in [1.54, 1.807) is 6.20 Å². The first-order valence-electron chi connectivity index (χ1n) is 5.62. The molecule has 1 aromatic heterocycles. The van der Waals surface area contributed by atoms with Gasteiger partial charge in [-0.25, -0.2) is 4.98 Å². The lowest BCUT2D eigenvalue weighted by atomic mass is 9.85. The summed E-state index contributed by atoms with van der Waals surface area (Å²) < 4.78 is 5.43. The van der Waals surface area contributed by atoms with E-state index >= 15 is 0 Å². The van der Waals surface area contributed by atoms with Crippen LogP contribution in [0.1, 0.15) is 25.3 Å². The lowest BCUT2D eigenvalue weighted by Gasteiger charge is -2.35. The highest BCUT2D eigenvalue weighted by Crippen LogP contribution is 2.29. The van der Waals surface area contributed by atoms with Crippen molar-refractivity contribution < 1.29 is 9.84 Å². The van der Waals surface area contributed by atoms with Crippen molar-refractivity contribution in [2.45, 2.75) is 37.9 Å². The summed E-state index contributed by atoms with van der Waals surface area (Å²) in [6, 6.07) is 3.76. The van der Waals surface area contributed by atoms with Gasteiger partial charge in [-0.05, 0) is 25.0 Å². The molecule has 0 bridgehead atoms. The van der Waals surface area contributed by atoms with E-state index in [9.17, 15) is 5.11 Å². The van der Waals surface area contributed by atoms with Crippen molar-refractivity contribution in [2.24, 2.45) is 0 Å². The number of hydrogen-bond donors (Lipinski definition) is 2. The lowest BCUT2D eigenvalue weighted by molar-refractivity contribution is -0.0960. The van der Waals surface area contributed by atoms with E-state index in [-0.39, 0.29) is 6.10 Å². The van der Waals surface area contributed by atoms with Gasteiger partial charge in [-0.2, -0.15) is 0 Å². The number of aromatic nitrogens is 1. The first-order valence-corrected chi connectivity index (χ1v) is 5.62. The Labute approximate surface area is 95.4 Å². The van der Waals surface area contributed by atoms with Gasteiger partial charge in [-0.1, -0.05) is 6.07 Å². The molecule has 1 aliphatic heterocycles. The highest BCUT2D eigenvalue weighted by atomic mass is 16.5. The fraction of sp³-hybridized carbons (Fsp3) is 0.583. The summed E-state index contributed by atoms with van der Waals surface area (Å²) in [6.07, 6.45) is 3.64. The average Bonchev–Trinajstić information content (AvgIpc) is 2.21. The molecule has 1 aromatic rings. The molecule has 1 saturated heterocycles. The van der Waals surface area contributed by atoms with Crippen molar-refractivity contribution in [3.8, 4) is 0 Å². The second-order valence-corrected chi connectivity index (χ2v) is 4.58. The predicted molar refractivity (Wildman–Crippen MR) is 62.0 cm³/mol. The fourth-order valence-electron chi connectivity index (χ4n) is 2.26. The van der Waals surface area contributed by atoms with Crippen LogP contribution < -0.4 is 5.73 Å². The highest BCUT2D eigenvalue weighted by Gasteiger charge is 2.33. The molecule has 0 spiro atoms. The normalized spacial score (nSPS) is 30.2. The molecule has 3 N–H and O–H groups in total. The van der Waals surface area contributed by atoms with Crippen LogP contribution in [0.2, 0.25) is 0 Å². The Morgan fingerprint density at radius 3 is 3.19 bits per heavy atom. The number of rotatable bonds is 2. The molecule has 1 fully saturated rings. The largest absolute Gasteiger partial charge is 0.389 e. The van der Waals surface area contributed by atoms with Crippen LogP contribution in [-0.4, -0.2) is 28.4 Å². The van der Waals surface area contributed by atoms with Crippen LogP contribution in [0.3, 0.4) is 0 Å². The quantitative estimate of drug-likeness (QED) is 0.787. The molecule has 0 aliphatic carbocycles. The van der Waals surface area contributed by atoms with Crippen LogP contribution >= 0.6 is 0 Å². The van der Waals surface area contributed by atoms with Gasteiger partial charge in [0, 0.05) is 25.6 Å². The van der Waals surface area contributed by atoms with Gasteiger partial charge in [0.15, 0.2) is 0 Å². The maximum absolute atomic E-state index is 10.5. The third kappa shape index (κ3) is 2.51. The number of ether oxygens (including phenoxy) is 1. The molecule has 0 aromatic carbocycles. The number of pyridine rings is 1.